The predicted molar refractivity (Wildman–Crippen MR) is 70.8 cm³/mol. The quantitative estimate of drug-likeness (QED) is 0.474. The van der Waals surface area contributed by atoms with Gasteiger partial charge < -0.3 is 4.74 Å². The molecule has 0 aliphatic heterocycles. The summed E-state index contributed by atoms with van der Waals surface area (Å²) in [4.78, 5) is 15.2. The normalized spacial score (nSPS) is 12.3. The van der Waals surface area contributed by atoms with Crippen molar-refractivity contribution in [2.75, 3.05) is 5.75 Å². The van der Waals surface area contributed by atoms with Gasteiger partial charge in [-0.25, -0.2) is 4.98 Å². The lowest BCUT2D eigenvalue weighted by Crippen LogP contribution is -2.24. The molecule has 0 atom stereocenters. The van der Waals surface area contributed by atoms with E-state index in [4.69, 9.17) is 16.3 Å². The third kappa shape index (κ3) is 6.00. The van der Waals surface area contributed by atoms with Crippen molar-refractivity contribution in [1.82, 2.24) is 4.98 Å². The third-order valence-corrected chi connectivity index (χ3v) is 2.93. The van der Waals surface area contributed by atoms with Crippen molar-refractivity contribution < 1.29 is 22.7 Å². The summed E-state index contributed by atoms with van der Waals surface area (Å²) in [7, 11) is 0. The van der Waals surface area contributed by atoms with Gasteiger partial charge in [0.15, 0.2) is 0 Å². The number of carbonyl (C=O) groups is 1. The number of ether oxygens (including phenoxy) is 1. The van der Waals surface area contributed by atoms with Gasteiger partial charge in [0, 0.05) is 0 Å². The van der Waals surface area contributed by atoms with Gasteiger partial charge in [0.1, 0.15) is 10.8 Å². The molecule has 0 amide bonds. The summed E-state index contributed by atoms with van der Waals surface area (Å²) in [5, 5.41) is -0.248. The molecule has 0 bridgehead atoms. The van der Waals surface area contributed by atoms with Crippen molar-refractivity contribution in [1.29, 1.82) is 0 Å². The van der Waals surface area contributed by atoms with Crippen LogP contribution in [0.4, 0.5) is 13.2 Å². The lowest BCUT2D eigenvalue weighted by Gasteiger charge is -2.19. The first kappa shape index (κ1) is 17.1. The van der Waals surface area contributed by atoms with Crippen molar-refractivity contribution in [2.45, 2.75) is 37.6 Å². The largest absolute Gasteiger partial charge is 0.459 e. The third-order valence-electron chi connectivity index (χ3n) is 1.86. The van der Waals surface area contributed by atoms with Gasteiger partial charge in [-0.2, -0.15) is 13.2 Å². The zero-order valence-corrected chi connectivity index (χ0v) is 12.6. The van der Waals surface area contributed by atoms with Crippen molar-refractivity contribution in [3.8, 4) is 0 Å². The highest BCUT2D eigenvalue weighted by Gasteiger charge is 2.31. The Morgan fingerprint density at radius 1 is 1.35 bits per heavy atom. The summed E-state index contributed by atoms with van der Waals surface area (Å²) in [6.07, 6.45) is -4.51. The molecule has 0 fully saturated rings. The number of hydrogen-bond donors (Lipinski definition) is 0. The number of carbonyl (C=O) groups excluding carboxylic acids is 1. The van der Waals surface area contributed by atoms with Gasteiger partial charge in [-0.1, -0.05) is 23.4 Å². The zero-order chi connectivity index (χ0) is 15.6. The minimum atomic E-state index is -4.51. The first-order valence-electron chi connectivity index (χ1n) is 5.57. The molecule has 1 aromatic rings. The van der Waals surface area contributed by atoms with Crippen LogP contribution in [-0.2, 0) is 15.7 Å². The van der Waals surface area contributed by atoms with Crippen LogP contribution in [0.25, 0.3) is 0 Å². The standard InChI is InChI=1S/C12H13ClF3NO2S/c1-11(2,3)19-10(18)6-20-9-5-7(12(14,15)16)4-8(13)17-9/h4-5H,6H2,1-3H3. The Labute approximate surface area is 123 Å². The van der Waals surface area contributed by atoms with Crippen LogP contribution in [0.2, 0.25) is 5.15 Å². The molecular formula is C12H13ClF3NO2S. The highest BCUT2D eigenvalue weighted by atomic mass is 35.5. The van der Waals surface area contributed by atoms with Crippen LogP contribution in [0.15, 0.2) is 17.2 Å². The number of thioether (sulfide) groups is 1. The van der Waals surface area contributed by atoms with Crippen LogP contribution < -0.4 is 0 Å². The van der Waals surface area contributed by atoms with Gasteiger partial charge in [0.25, 0.3) is 0 Å². The Hall–Kier alpha value is -0.950. The highest BCUT2D eigenvalue weighted by molar-refractivity contribution is 7.99. The van der Waals surface area contributed by atoms with E-state index >= 15 is 0 Å². The monoisotopic (exact) mass is 327 g/mol. The molecule has 112 valence electrons. The van der Waals surface area contributed by atoms with Gasteiger partial charge in [-0.05, 0) is 32.9 Å². The van der Waals surface area contributed by atoms with E-state index in [0.29, 0.717) is 0 Å². The molecule has 1 aromatic heterocycles. The lowest BCUT2D eigenvalue weighted by molar-refractivity contribution is -0.151. The van der Waals surface area contributed by atoms with Gasteiger partial charge in [-0.15, -0.1) is 0 Å². The Morgan fingerprint density at radius 3 is 2.45 bits per heavy atom. The second-order valence-corrected chi connectivity index (χ2v) is 6.27. The van der Waals surface area contributed by atoms with Crippen LogP contribution in [0.5, 0.6) is 0 Å². The zero-order valence-electron chi connectivity index (χ0n) is 11.0. The van der Waals surface area contributed by atoms with E-state index in [0.717, 1.165) is 23.9 Å². The SMILES string of the molecule is CC(C)(C)OC(=O)CSc1cc(C(F)(F)F)cc(Cl)n1. The van der Waals surface area contributed by atoms with Crippen molar-refractivity contribution in [3.05, 3.63) is 22.8 Å². The first-order chi connectivity index (χ1) is 8.97. The van der Waals surface area contributed by atoms with Crippen LogP contribution in [0.3, 0.4) is 0 Å². The molecule has 1 heterocycles. The molecule has 0 aromatic carbocycles. The van der Waals surface area contributed by atoms with E-state index < -0.39 is 23.3 Å². The smallest absolute Gasteiger partial charge is 0.416 e. The molecule has 0 aliphatic rings. The number of rotatable bonds is 3. The number of aromatic nitrogens is 1. The maximum atomic E-state index is 12.6. The molecule has 0 spiro atoms. The Morgan fingerprint density at radius 2 is 1.95 bits per heavy atom. The molecule has 1 rings (SSSR count). The molecular weight excluding hydrogens is 315 g/mol. The average molecular weight is 328 g/mol. The molecule has 0 unspecified atom stereocenters. The number of nitrogens with zero attached hydrogens (tertiary/aromatic N) is 1. The maximum absolute atomic E-state index is 12.6. The molecule has 0 aliphatic carbocycles. The van der Waals surface area contributed by atoms with E-state index in [2.05, 4.69) is 4.98 Å². The van der Waals surface area contributed by atoms with E-state index in [1.165, 1.54) is 0 Å². The molecule has 0 saturated heterocycles. The fraction of sp³-hybridized carbons (Fsp3) is 0.500. The topological polar surface area (TPSA) is 39.2 Å². The highest BCUT2D eigenvalue weighted by Crippen LogP contribution is 2.33. The van der Waals surface area contributed by atoms with Gasteiger partial charge in [0.2, 0.25) is 0 Å². The van der Waals surface area contributed by atoms with Gasteiger partial charge in [0.05, 0.1) is 16.3 Å². The molecule has 3 nitrogen and oxygen atoms in total. The van der Waals surface area contributed by atoms with Crippen LogP contribution >= 0.6 is 23.4 Å². The van der Waals surface area contributed by atoms with E-state index in [9.17, 15) is 18.0 Å². The molecule has 0 N–H and O–H groups in total. The van der Waals surface area contributed by atoms with Crippen molar-refractivity contribution >= 4 is 29.3 Å². The first-order valence-corrected chi connectivity index (χ1v) is 6.93. The average Bonchev–Trinajstić information content (AvgIpc) is 2.22. The van der Waals surface area contributed by atoms with Gasteiger partial charge in [-0.3, -0.25) is 4.79 Å². The van der Waals surface area contributed by atoms with Crippen LogP contribution in [0, 0.1) is 0 Å². The molecule has 20 heavy (non-hydrogen) atoms. The number of esters is 1. The van der Waals surface area contributed by atoms with Crippen molar-refractivity contribution in [3.63, 3.8) is 0 Å². The van der Waals surface area contributed by atoms with Crippen LogP contribution in [0.1, 0.15) is 26.3 Å². The molecule has 0 radical (unpaired) electrons. The number of pyridine rings is 1. The van der Waals surface area contributed by atoms with E-state index in [1.54, 1.807) is 20.8 Å². The molecule has 0 saturated carbocycles. The second-order valence-electron chi connectivity index (χ2n) is 4.89. The van der Waals surface area contributed by atoms with Crippen molar-refractivity contribution in [2.24, 2.45) is 0 Å². The van der Waals surface area contributed by atoms with Gasteiger partial charge >= 0.3 is 12.1 Å². The Kier molecular flexibility index (Phi) is 5.32. The maximum Gasteiger partial charge on any atom is 0.416 e. The minimum absolute atomic E-state index is 0.0238. The second kappa shape index (κ2) is 6.22. The Balaban J connectivity index is 2.74. The van der Waals surface area contributed by atoms with E-state index in [1.807, 2.05) is 0 Å². The molecule has 8 heteroatoms. The number of halogens is 4. The minimum Gasteiger partial charge on any atom is -0.459 e. The number of alkyl halides is 3. The predicted octanol–water partition coefficient (Wildman–Crippen LogP) is 4.19. The summed E-state index contributed by atoms with van der Waals surface area (Å²) in [6, 6.07) is 1.58. The Bertz CT molecular complexity index is 500. The lowest BCUT2D eigenvalue weighted by atomic mass is 10.2. The van der Waals surface area contributed by atoms with Crippen LogP contribution in [-0.4, -0.2) is 22.3 Å². The van der Waals surface area contributed by atoms with E-state index in [-0.39, 0.29) is 15.9 Å². The summed E-state index contributed by atoms with van der Waals surface area (Å²) in [5.74, 6) is -0.667. The summed E-state index contributed by atoms with van der Waals surface area (Å²) >= 11 is 6.38. The number of hydrogen-bond acceptors (Lipinski definition) is 4. The summed E-state index contributed by atoms with van der Waals surface area (Å²) in [6.45, 7) is 5.11. The summed E-state index contributed by atoms with van der Waals surface area (Å²) < 4.78 is 42.8. The fourth-order valence-electron chi connectivity index (χ4n) is 1.21. The summed E-state index contributed by atoms with van der Waals surface area (Å²) in [5.41, 5.74) is -1.54. The fourth-order valence-corrected chi connectivity index (χ4v) is 2.17.